The molecule has 1 aromatic carbocycles. The molecule has 0 radical (unpaired) electrons. The summed E-state index contributed by atoms with van der Waals surface area (Å²) < 4.78 is 5.15. The fraction of sp³-hybridized carbons (Fsp3) is 0.308. The minimum atomic E-state index is -0.339. The molecule has 0 bridgehead atoms. The van der Waals surface area contributed by atoms with Crippen molar-refractivity contribution < 1.29 is 9.32 Å². The van der Waals surface area contributed by atoms with E-state index in [1.165, 1.54) is 6.92 Å². The summed E-state index contributed by atoms with van der Waals surface area (Å²) in [5.41, 5.74) is 0.701. The van der Waals surface area contributed by atoms with Crippen LogP contribution < -0.4 is 0 Å². The van der Waals surface area contributed by atoms with Gasteiger partial charge in [0.15, 0.2) is 0 Å². The van der Waals surface area contributed by atoms with Gasteiger partial charge in [0.25, 0.3) is 0 Å². The van der Waals surface area contributed by atoms with Gasteiger partial charge >= 0.3 is 0 Å². The highest BCUT2D eigenvalue weighted by atomic mass is 35.5. The lowest BCUT2D eigenvalue weighted by molar-refractivity contribution is -0.119. The summed E-state index contributed by atoms with van der Waals surface area (Å²) >= 11 is 6.06. The highest BCUT2D eigenvalue weighted by Gasteiger charge is 2.22. The topological polar surface area (TPSA) is 56.0 Å². The summed E-state index contributed by atoms with van der Waals surface area (Å²) in [5.74, 6) is 0.441. The first-order valence-electron chi connectivity index (χ1n) is 5.72. The Hall–Kier alpha value is -1.68. The summed E-state index contributed by atoms with van der Waals surface area (Å²) in [5, 5.41) is 4.43. The number of halogens is 1. The number of hydrogen-bond donors (Lipinski definition) is 0. The van der Waals surface area contributed by atoms with Gasteiger partial charge in [-0.3, -0.25) is 4.79 Å². The Morgan fingerprint density at radius 3 is 2.78 bits per heavy atom. The second kappa shape index (κ2) is 5.31. The molecule has 2 rings (SSSR count). The summed E-state index contributed by atoms with van der Waals surface area (Å²) in [7, 11) is 0. The van der Waals surface area contributed by atoms with Crippen LogP contribution in [0, 0.1) is 0 Å². The summed E-state index contributed by atoms with van der Waals surface area (Å²) in [6.07, 6.45) is 0.638. The molecule has 18 heavy (non-hydrogen) atoms. The second-order valence-corrected chi connectivity index (χ2v) is 4.41. The van der Waals surface area contributed by atoms with E-state index in [1.807, 2.05) is 25.1 Å². The van der Waals surface area contributed by atoms with Crippen LogP contribution in [0.25, 0.3) is 11.4 Å². The molecule has 0 spiro atoms. The van der Waals surface area contributed by atoms with Crippen molar-refractivity contribution in [1.29, 1.82) is 0 Å². The molecule has 0 amide bonds. The maximum absolute atomic E-state index is 11.4. The Kier molecular flexibility index (Phi) is 3.77. The Morgan fingerprint density at radius 2 is 2.17 bits per heavy atom. The van der Waals surface area contributed by atoms with Crippen LogP contribution in [-0.2, 0) is 4.79 Å². The molecule has 0 aliphatic rings. The number of ketones is 1. The zero-order valence-corrected chi connectivity index (χ0v) is 10.9. The lowest BCUT2D eigenvalue weighted by Gasteiger charge is -2.03. The number of aromatic nitrogens is 2. The lowest BCUT2D eigenvalue weighted by Crippen LogP contribution is -2.07. The van der Waals surface area contributed by atoms with Crippen LogP contribution in [0.15, 0.2) is 28.8 Å². The average molecular weight is 265 g/mol. The zero-order valence-electron chi connectivity index (χ0n) is 10.2. The number of rotatable bonds is 4. The van der Waals surface area contributed by atoms with Gasteiger partial charge in [0, 0.05) is 5.56 Å². The van der Waals surface area contributed by atoms with Gasteiger partial charge in [0.1, 0.15) is 5.78 Å². The molecule has 0 N–H and O–H groups in total. The van der Waals surface area contributed by atoms with Crippen molar-refractivity contribution in [2.24, 2.45) is 0 Å². The molecule has 2 aromatic rings. The molecule has 0 aliphatic heterocycles. The SMILES string of the molecule is CCC(C(C)=O)c1nc(-c2ccccc2Cl)no1. The zero-order chi connectivity index (χ0) is 13.1. The molecule has 0 aliphatic carbocycles. The van der Waals surface area contributed by atoms with Gasteiger partial charge < -0.3 is 4.52 Å². The molecule has 0 fully saturated rings. The Bertz CT molecular complexity index is 566. The van der Waals surface area contributed by atoms with Gasteiger partial charge in [-0.25, -0.2) is 0 Å². The van der Waals surface area contributed by atoms with Gasteiger partial charge in [-0.05, 0) is 25.5 Å². The Balaban J connectivity index is 2.36. The van der Waals surface area contributed by atoms with E-state index in [-0.39, 0.29) is 11.7 Å². The smallest absolute Gasteiger partial charge is 0.237 e. The van der Waals surface area contributed by atoms with Crippen molar-refractivity contribution in [3.05, 3.63) is 35.2 Å². The van der Waals surface area contributed by atoms with Gasteiger partial charge in [0.2, 0.25) is 11.7 Å². The predicted octanol–water partition coefficient (Wildman–Crippen LogP) is 3.47. The van der Waals surface area contributed by atoms with E-state index in [0.29, 0.717) is 28.7 Å². The number of carbonyl (C=O) groups excluding carboxylic acids is 1. The molecule has 4 nitrogen and oxygen atoms in total. The fourth-order valence-electron chi connectivity index (χ4n) is 1.76. The highest BCUT2D eigenvalue weighted by Crippen LogP contribution is 2.27. The third-order valence-corrected chi connectivity index (χ3v) is 3.08. The predicted molar refractivity (Wildman–Crippen MR) is 68.5 cm³/mol. The van der Waals surface area contributed by atoms with Crippen LogP contribution >= 0.6 is 11.6 Å². The number of Topliss-reactive ketones (excluding diaryl/α,β-unsaturated/α-hetero) is 1. The number of carbonyl (C=O) groups is 1. The summed E-state index contributed by atoms with van der Waals surface area (Å²) in [6.45, 7) is 3.43. The molecule has 5 heteroatoms. The molecule has 1 atom stereocenters. The number of benzene rings is 1. The van der Waals surface area contributed by atoms with Crippen molar-refractivity contribution in [2.45, 2.75) is 26.2 Å². The molecule has 0 saturated carbocycles. The fourth-order valence-corrected chi connectivity index (χ4v) is 1.98. The molecule has 1 unspecified atom stereocenters. The van der Waals surface area contributed by atoms with E-state index in [9.17, 15) is 4.79 Å². The van der Waals surface area contributed by atoms with Crippen LogP contribution in [0.3, 0.4) is 0 Å². The Morgan fingerprint density at radius 1 is 1.44 bits per heavy atom. The van der Waals surface area contributed by atoms with E-state index in [4.69, 9.17) is 16.1 Å². The number of hydrogen-bond acceptors (Lipinski definition) is 4. The second-order valence-electron chi connectivity index (χ2n) is 4.01. The van der Waals surface area contributed by atoms with Gasteiger partial charge in [-0.2, -0.15) is 4.98 Å². The first-order chi connectivity index (χ1) is 8.63. The minimum Gasteiger partial charge on any atom is -0.338 e. The third kappa shape index (κ3) is 2.43. The lowest BCUT2D eigenvalue weighted by atomic mass is 10.0. The largest absolute Gasteiger partial charge is 0.338 e. The molecule has 1 heterocycles. The first kappa shape index (κ1) is 12.8. The maximum Gasteiger partial charge on any atom is 0.237 e. The maximum atomic E-state index is 11.4. The van der Waals surface area contributed by atoms with Crippen molar-refractivity contribution in [1.82, 2.24) is 10.1 Å². The van der Waals surface area contributed by atoms with E-state index in [2.05, 4.69) is 10.1 Å². The quantitative estimate of drug-likeness (QED) is 0.848. The number of nitrogens with zero attached hydrogens (tertiary/aromatic N) is 2. The third-order valence-electron chi connectivity index (χ3n) is 2.75. The van der Waals surface area contributed by atoms with Gasteiger partial charge in [-0.15, -0.1) is 0 Å². The summed E-state index contributed by atoms with van der Waals surface area (Å²) in [6, 6.07) is 7.25. The van der Waals surface area contributed by atoms with E-state index < -0.39 is 0 Å². The molecular weight excluding hydrogens is 252 g/mol. The van der Waals surface area contributed by atoms with Crippen molar-refractivity contribution in [3.8, 4) is 11.4 Å². The van der Waals surface area contributed by atoms with Crippen LogP contribution in [-0.4, -0.2) is 15.9 Å². The van der Waals surface area contributed by atoms with Crippen LogP contribution in [0.2, 0.25) is 5.02 Å². The van der Waals surface area contributed by atoms with E-state index in [0.717, 1.165) is 0 Å². The van der Waals surface area contributed by atoms with Crippen molar-refractivity contribution in [3.63, 3.8) is 0 Å². The normalized spacial score (nSPS) is 12.4. The van der Waals surface area contributed by atoms with Crippen molar-refractivity contribution in [2.75, 3.05) is 0 Å². The van der Waals surface area contributed by atoms with Crippen LogP contribution in [0.1, 0.15) is 32.1 Å². The molecule has 0 saturated heterocycles. The van der Waals surface area contributed by atoms with Gasteiger partial charge in [0.05, 0.1) is 10.9 Å². The van der Waals surface area contributed by atoms with Crippen molar-refractivity contribution >= 4 is 17.4 Å². The van der Waals surface area contributed by atoms with Crippen LogP contribution in [0.5, 0.6) is 0 Å². The standard InChI is InChI=1S/C13H13ClN2O2/c1-3-9(8(2)17)13-15-12(16-18-13)10-6-4-5-7-11(10)14/h4-7,9H,3H2,1-2H3. The van der Waals surface area contributed by atoms with E-state index >= 15 is 0 Å². The minimum absolute atomic E-state index is 0.0202. The van der Waals surface area contributed by atoms with Gasteiger partial charge in [-0.1, -0.05) is 35.8 Å². The average Bonchev–Trinajstić information content (AvgIpc) is 2.79. The summed E-state index contributed by atoms with van der Waals surface area (Å²) in [4.78, 5) is 15.7. The molecule has 94 valence electrons. The Labute approximate surface area is 110 Å². The van der Waals surface area contributed by atoms with Crippen LogP contribution in [0.4, 0.5) is 0 Å². The highest BCUT2D eigenvalue weighted by molar-refractivity contribution is 6.33. The molecule has 1 aromatic heterocycles. The van der Waals surface area contributed by atoms with E-state index in [1.54, 1.807) is 6.07 Å². The molecular formula is C13H13ClN2O2. The first-order valence-corrected chi connectivity index (χ1v) is 6.10. The monoisotopic (exact) mass is 264 g/mol.